The van der Waals surface area contributed by atoms with Gasteiger partial charge in [-0.3, -0.25) is 0 Å². The zero-order valence-corrected chi connectivity index (χ0v) is 36.9. The average Bonchev–Trinajstić information content (AvgIpc) is 4.01. The Kier molecular flexibility index (Phi) is 8.40. The number of aromatic nitrogens is 5. The molecule has 0 atom stereocenters. The third-order valence-corrected chi connectivity index (χ3v) is 13.4. The lowest BCUT2D eigenvalue weighted by molar-refractivity contribution is 0.591. The van der Waals surface area contributed by atoms with E-state index >= 15 is 0 Å². The molecule has 0 spiro atoms. The smallest absolute Gasteiger partial charge is 0.164 e. The maximum atomic E-state index is 5.07. The van der Waals surface area contributed by atoms with Gasteiger partial charge in [-0.1, -0.05) is 166 Å². The van der Waals surface area contributed by atoms with Crippen LogP contribution in [0.1, 0.15) is 26.3 Å². The summed E-state index contributed by atoms with van der Waals surface area (Å²) in [6.45, 7) is 6.86. The minimum atomic E-state index is -0.0168. The van der Waals surface area contributed by atoms with Crippen LogP contribution in [0.4, 0.5) is 0 Å². The van der Waals surface area contributed by atoms with Crippen molar-refractivity contribution in [2.45, 2.75) is 26.2 Å². The molecular weight excluding hydrogens is 803 g/mol. The van der Waals surface area contributed by atoms with Gasteiger partial charge in [0, 0.05) is 54.7 Å². The van der Waals surface area contributed by atoms with Crippen LogP contribution in [0.2, 0.25) is 0 Å². The van der Waals surface area contributed by atoms with Crippen LogP contribution in [0, 0.1) is 0 Å². The van der Waals surface area contributed by atoms with Gasteiger partial charge in [-0.15, -0.1) is 0 Å². The lowest BCUT2D eigenvalue weighted by Crippen LogP contribution is -2.10. The second-order valence-corrected chi connectivity index (χ2v) is 18.5. The van der Waals surface area contributed by atoms with Gasteiger partial charge >= 0.3 is 0 Å². The third kappa shape index (κ3) is 6.04. The second kappa shape index (κ2) is 14.6. The van der Waals surface area contributed by atoms with Crippen LogP contribution in [0.15, 0.2) is 206 Å². The number of nitrogens with zero attached hydrogens (tertiary/aromatic N) is 5. The standard InChI is InChI=1S/C61H43N5/c1-61(2,3)45-29-32-55-52(37-45)51-36-43(41-20-12-19-40(33-41)42-28-31-56-50(35-42)49-25-14-24-48-47-23-10-11-26-53(47)66(56)57(48)49)27-30-54(51)65(55)46-22-13-21-44(34-46)60-63-58(38-15-6-4-7-16-38)62-59(64-60)39-17-8-5-9-18-39/h4-37H,1-3H3. The predicted molar refractivity (Wildman–Crippen MR) is 275 cm³/mol. The van der Waals surface area contributed by atoms with Crippen molar-refractivity contribution >= 4 is 59.9 Å². The van der Waals surface area contributed by atoms with E-state index < -0.39 is 0 Å². The fraction of sp³-hybridized carbons (Fsp3) is 0.0656. The Morgan fingerprint density at radius 1 is 0.318 bits per heavy atom. The van der Waals surface area contributed by atoms with Gasteiger partial charge in [0.15, 0.2) is 17.5 Å². The Bertz CT molecular complexity index is 3960. The van der Waals surface area contributed by atoms with E-state index in [2.05, 4.69) is 175 Å². The van der Waals surface area contributed by atoms with Crippen molar-refractivity contribution in [3.63, 3.8) is 0 Å². The van der Waals surface area contributed by atoms with Crippen LogP contribution in [0.3, 0.4) is 0 Å². The first kappa shape index (κ1) is 38.1. The Morgan fingerprint density at radius 2 is 0.773 bits per heavy atom. The van der Waals surface area contributed by atoms with Crippen molar-refractivity contribution in [1.29, 1.82) is 0 Å². The molecule has 13 aromatic rings. The maximum Gasteiger partial charge on any atom is 0.164 e. The molecule has 0 unspecified atom stereocenters. The van der Waals surface area contributed by atoms with Crippen molar-refractivity contribution in [1.82, 2.24) is 23.9 Å². The van der Waals surface area contributed by atoms with Crippen LogP contribution in [0.25, 0.3) is 122 Å². The molecule has 0 amide bonds. The van der Waals surface area contributed by atoms with E-state index in [1.165, 1.54) is 76.7 Å². The van der Waals surface area contributed by atoms with Crippen molar-refractivity contribution in [2.75, 3.05) is 0 Å². The molecule has 0 aliphatic carbocycles. The Balaban J connectivity index is 0.937. The van der Waals surface area contributed by atoms with E-state index in [0.29, 0.717) is 17.5 Å². The monoisotopic (exact) mass is 845 g/mol. The molecule has 0 fully saturated rings. The van der Waals surface area contributed by atoms with Gasteiger partial charge in [-0.05, 0) is 93.9 Å². The zero-order valence-electron chi connectivity index (χ0n) is 36.9. The Labute approximate surface area is 382 Å². The Hall–Kier alpha value is -8.41. The lowest BCUT2D eigenvalue weighted by Gasteiger charge is -2.19. The first-order valence-electron chi connectivity index (χ1n) is 22.7. The van der Waals surface area contributed by atoms with Gasteiger partial charge < -0.3 is 8.97 Å². The minimum Gasteiger partial charge on any atom is -0.309 e. The van der Waals surface area contributed by atoms with E-state index in [1.54, 1.807) is 0 Å². The van der Waals surface area contributed by atoms with Crippen LogP contribution in [-0.4, -0.2) is 23.9 Å². The molecule has 4 aromatic heterocycles. The summed E-state index contributed by atoms with van der Waals surface area (Å²) in [6.07, 6.45) is 0. The summed E-state index contributed by atoms with van der Waals surface area (Å²) in [5, 5.41) is 7.61. The molecule has 0 bridgehead atoms. The first-order chi connectivity index (χ1) is 32.3. The normalized spacial score (nSPS) is 12.2. The highest BCUT2D eigenvalue weighted by Crippen LogP contribution is 2.42. The van der Waals surface area contributed by atoms with Gasteiger partial charge in [0.1, 0.15) is 0 Å². The van der Waals surface area contributed by atoms with E-state index in [9.17, 15) is 0 Å². The number of hydrogen-bond acceptors (Lipinski definition) is 3. The lowest BCUT2D eigenvalue weighted by atomic mass is 9.86. The summed E-state index contributed by atoms with van der Waals surface area (Å²) in [5.41, 5.74) is 16.0. The van der Waals surface area contributed by atoms with Crippen LogP contribution in [-0.2, 0) is 5.41 Å². The summed E-state index contributed by atoms with van der Waals surface area (Å²) < 4.78 is 4.83. The fourth-order valence-corrected chi connectivity index (χ4v) is 10.2. The predicted octanol–water partition coefficient (Wildman–Crippen LogP) is 15.8. The van der Waals surface area contributed by atoms with E-state index in [4.69, 9.17) is 15.0 Å². The molecule has 9 aromatic carbocycles. The molecule has 0 saturated heterocycles. The molecule has 0 saturated carbocycles. The number of para-hydroxylation sites is 2. The summed E-state index contributed by atoms with van der Waals surface area (Å²) >= 11 is 0. The highest BCUT2D eigenvalue weighted by molar-refractivity contribution is 6.23. The molecule has 312 valence electrons. The maximum absolute atomic E-state index is 5.07. The SMILES string of the molecule is CC(C)(C)c1ccc2c(c1)c1cc(-c3cccc(-c4ccc5c(c4)c4cccc6c7ccccc7n5c64)c3)ccc1n2-c1cccc(-c2nc(-c3ccccc3)nc(-c3ccccc3)n2)c1. The molecule has 4 heterocycles. The summed E-state index contributed by atoms with van der Waals surface area (Å²) in [4.78, 5) is 15.1. The number of rotatable bonds is 6. The number of fused-ring (bicyclic) bond motifs is 9. The number of hydrogen-bond donors (Lipinski definition) is 0. The average molecular weight is 846 g/mol. The molecule has 5 nitrogen and oxygen atoms in total. The zero-order chi connectivity index (χ0) is 44.1. The molecular formula is C61H43N5. The summed E-state index contributed by atoms with van der Waals surface area (Å²) in [7, 11) is 0. The quantitative estimate of drug-likeness (QED) is 0.167. The Morgan fingerprint density at radius 3 is 1.44 bits per heavy atom. The minimum absolute atomic E-state index is 0.0168. The second-order valence-electron chi connectivity index (χ2n) is 18.5. The van der Waals surface area contributed by atoms with Gasteiger partial charge in [-0.25, -0.2) is 15.0 Å². The largest absolute Gasteiger partial charge is 0.309 e. The summed E-state index contributed by atoms with van der Waals surface area (Å²) in [5.74, 6) is 1.92. The van der Waals surface area contributed by atoms with Crippen molar-refractivity contribution in [3.05, 3.63) is 212 Å². The van der Waals surface area contributed by atoms with Gasteiger partial charge in [0.2, 0.25) is 0 Å². The first-order valence-corrected chi connectivity index (χ1v) is 22.7. The molecule has 0 N–H and O–H groups in total. The fourth-order valence-electron chi connectivity index (χ4n) is 10.2. The highest BCUT2D eigenvalue weighted by Gasteiger charge is 2.21. The van der Waals surface area contributed by atoms with E-state index in [0.717, 1.165) is 33.4 Å². The topological polar surface area (TPSA) is 48.0 Å². The van der Waals surface area contributed by atoms with Crippen molar-refractivity contribution < 1.29 is 0 Å². The highest BCUT2D eigenvalue weighted by atomic mass is 15.0. The van der Waals surface area contributed by atoms with E-state index in [1.807, 2.05) is 60.7 Å². The molecule has 66 heavy (non-hydrogen) atoms. The van der Waals surface area contributed by atoms with Crippen LogP contribution < -0.4 is 0 Å². The molecule has 0 aliphatic rings. The molecule has 13 rings (SSSR count). The van der Waals surface area contributed by atoms with Crippen LogP contribution >= 0.6 is 0 Å². The van der Waals surface area contributed by atoms with Crippen molar-refractivity contribution in [3.8, 4) is 62.1 Å². The van der Waals surface area contributed by atoms with Crippen molar-refractivity contribution in [2.24, 2.45) is 0 Å². The van der Waals surface area contributed by atoms with E-state index in [-0.39, 0.29) is 5.41 Å². The molecule has 5 heteroatoms. The van der Waals surface area contributed by atoms with Gasteiger partial charge in [0.25, 0.3) is 0 Å². The van der Waals surface area contributed by atoms with Gasteiger partial charge in [0.05, 0.1) is 27.6 Å². The van der Waals surface area contributed by atoms with Gasteiger partial charge in [-0.2, -0.15) is 0 Å². The number of benzene rings is 9. The third-order valence-electron chi connectivity index (χ3n) is 13.4. The van der Waals surface area contributed by atoms with Crippen LogP contribution in [0.5, 0.6) is 0 Å². The molecule has 0 radical (unpaired) electrons. The summed E-state index contributed by atoms with van der Waals surface area (Å²) in [6, 6.07) is 74.3. The molecule has 0 aliphatic heterocycles.